The molecule has 4 aliphatic rings. The van der Waals surface area contributed by atoms with Crippen molar-refractivity contribution < 1.29 is 19.1 Å². The van der Waals surface area contributed by atoms with Gasteiger partial charge in [0, 0.05) is 23.4 Å². The molecule has 6 heteroatoms. The molecule has 180 valence electrons. The van der Waals surface area contributed by atoms with Crippen molar-refractivity contribution in [2.45, 2.75) is 51.5 Å². The van der Waals surface area contributed by atoms with Crippen LogP contribution in [0.2, 0.25) is 0 Å². The fourth-order valence-electron chi connectivity index (χ4n) is 6.89. The SMILES string of the molecule is COc1cccc(NC(=O)COc2ccc(C(=O)N[C@@H](C)C34CC5CC(CC(C5)C3)C4)cc2)c1. The Morgan fingerprint density at radius 1 is 0.971 bits per heavy atom. The Morgan fingerprint density at radius 2 is 1.62 bits per heavy atom. The summed E-state index contributed by atoms with van der Waals surface area (Å²) in [6, 6.07) is 14.3. The Morgan fingerprint density at radius 3 is 2.24 bits per heavy atom. The molecular formula is C28H34N2O4. The molecule has 1 atom stereocenters. The number of methoxy groups -OCH3 is 1. The highest BCUT2D eigenvalue weighted by Gasteiger charge is 2.53. The first kappa shape index (κ1) is 22.8. The summed E-state index contributed by atoms with van der Waals surface area (Å²) < 4.78 is 10.8. The van der Waals surface area contributed by atoms with Gasteiger partial charge < -0.3 is 20.1 Å². The van der Waals surface area contributed by atoms with Gasteiger partial charge in [-0.3, -0.25) is 9.59 Å². The molecule has 4 bridgehead atoms. The Kier molecular flexibility index (Phi) is 6.24. The fourth-order valence-corrected chi connectivity index (χ4v) is 6.89. The van der Waals surface area contributed by atoms with Crippen molar-refractivity contribution in [1.82, 2.24) is 5.32 Å². The quantitative estimate of drug-likeness (QED) is 0.576. The van der Waals surface area contributed by atoms with Gasteiger partial charge in [-0.2, -0.15) is 0 Å². The van der Waals surface area contributed by atoms with Crippen LogP contribution in [0.3, 0.4) is 0 Å². The van der Waals surface area contributed by atoms with E-state index in [0.717, 1.165) is 17.8 Å². The third-order valence-corrected chi connectivity index (χ3v) is 8.19. The zero-order valence-corrected chi connectivity index (χ0v) is 20.0. The van der Waals surface area contributed by atoms with Gasteiger partial charge in [-0.15, -0.1) is 0 Å². The first-order chi connectivity index (χ1) is 16.4. The lowest BCUT2D eigenvalue weighted by atomic mass is 9.48. The van der Waals surface area contributed by atoms with E-state index in [2.05, 4.69) is 17.6 Å². The molecule has 34 heavy (non-hydrogen) atoms. The summed E-state index contributed by atoms with van der Waals surface area (Å²) in [5.41, 5.74) is 1.54. The lowest BCUT2D eigenvalue weighted by Gasteiger charge is -2.59. The molecular weight excluding hydrogens is 428 g/mol. The summed E-state index contributed by atoms with van der Waals surface area (Å²) >= 11 is 0. The Bertz CT molecular complexity index is 1010. The number of amides is 2. The normalized spacial score (nSPS) is 27.6. The minimum absolute atomic E-state index is 0.0365. The summed E-state index contributed by atoms with van der Waals surface area (Å²) in [4.78, 5) is 25.2. The van der Waals surface area contributed by atoms with E-state index in [1.54, 1.807) is 43.5 Å². The number of ether oxygens (including phenoxy) is 2. The molecule has 2 aromatic rings. The number of rotatable bonds is 8. The summed E-state index contributed by atoms with van der Waals surface area (Å²) in [5, 5.41) is 6.09. The van der Waals surface area contributed by atoms with Crippen LogP contribution in [-0.2, 0) is 4.79 Å². The van der Waals surface area contributed by atoms with Crippen LogP contribution >= 0.6 is 0 Å². The van der Waals surface area contributed by atoms with Gasteiger partial charge in [0.1, 0.15) is 11.5 Å². The van der Waals surface area contributed by atoms with Gasteiger partial charge in [-0.25, -0.2) is 0 Å². The Labute approximate surface area is 201 Å². The number of nitrogens with one attached hydrogen (secondary N) is 2. The second-order valence-electron chi connectivity index (χ2n) is 10.6. The number of carbonyl (C=O) groups excluding carboxylic acids is 2. The zero-order chi connectivity index (χ0) is 23.7. The third kappa shape index (κ3) is 4.77. The maximum atomic E-state index is 13.0. The highest BCUT2D eigenvalue weighted by atomic mass is 16.5. The number of hydrogen-bond donors (Lipinski definition) is 2. The average molecular weight is 463 g/mol. The number of anilines is 1. The van der Waals surface area contributed by atoms with Crippen LogP contribution in [0.4, 0.5) is 5.69 Å². The molecule has 0 aliphatic heterocycles. The van der Waals surface area contributed by atoms with Gasteiger partial charge in [-0.05, 0) is 105 Å². The summed E-state index contributed by atoms with van der Waals surface area (Å²) in [6.45, 7) is 2.08. The lowest BCUT2D eigenvalue weighted by Crippen LogP contribution is -2.55. The van der Waals surface area contributed by atoms with E-state index in [9.17, 15) is 9.59 Å². The van der Waals surface area contributed by atoms with Gasteiger partial charge in [0.2, 0.25) is 0 Å². The third-order valence-electron chi connectivity index (χ3n) is 8.19. The molecule has 0 heterocycles. The maximum absolute atomic E-state index is 13.0. The van der Waals surface area contributed by atoms with Crippen LogP contribution in [0, 0.1) is 23.2 Å². The van der Waals surface area contributed by atoms with Crippen LogP contribution in [0.25, 0.3) is 0 Å². The molecule has 0 saturated heterocycles. The molecule has 2 N–H and O–H groups in total. The zero-order valence-electron chi connectivity index (χ0n) is 20.0. The van der Waals surface area contributed by atoms with Crippen molar-refractivity contribution in [3.05, 3.63) is 54.1 Å². The van der Waals surface area contributed by atoms with Crippen molar-refractivity contribution in [3.63, 3.8) is 0 Å². The van der Waals surface area contributed by atoms with E-state index in [0.29, 0.717) is 22.7 Å². The molecule has 4 fully saturated rings. The van der Waals surface area contributed by atoms with Crippen LogP contribution in [0.1, 0.15) is 55.8 Å². The van der Waals surface area contributed by atoms with Gasteiger partial charge in [-0.1, -0.05) is 6.07 Å². The van der Waals surface area contributed by atoms with Gasteiger partial charge >= 0.3 is 0 Å². The van der Waals surface area contributed by atoms with E-state index in [-0.39, 0.29) is 29.9 Å². The molecule has 4 aliphatic carbocycles. The molecule has 0 aromatic heterocycles. The molecule has 2 aromatic carbocycles. The van der Waals surface area contributed by atoms with Crippen molar-refractivity contribution in [2.24, 2.45) is 23.2 Å². The fraction of sp³-hybridized carbons (Fsp3) is 0.500. The second-order valence-corrected chi connectivity index (χ2v) is 10.6. The van der Waals surface area contributed by atoms with Gasteiger partial charge in [0.25, 0.3) is 11.8 Å². The highest BCUT2D eigenvalue weighted by molar-refractivity contribution is 5.94. The summed E-state index contributed by atoms with van der Waals surface area (Å²) in [5.74, 6) is 3.51. The van der Waals surface area contributed by atoms with Crippen molar-refractivity contribution in [3.8, 4) is 11.5 Å². The molecule has 0 radical (unpaired) electrons. The Balaban J connectivity index is 1.13. The lowest BCUT2D eigenvalue weighted by molar-refractivity contribution is -0.118. The van der Waals surface area contributed by atoms with Crippen molar-refractivity contribution in [2.75, 3.05) is 19.0 Å². The average Bonchev–Trinajstić information content (AvgIpc) is 2.82. The minimum Gasteiger partial charge on any atom is -0.497 e. The standard InChI is InChI=1S/C28H34N2O4/c1-18(28-14-19-10-20(15-28)12-21(11-19)16-28)29-27(32)22-6-8-24(9-7-22)34-17-26(31)30-23-4-3-5-25(13-23)33-2/h3-9,13,18-21H,10-12,14-17H2,1-2H3,(H,29,32)(H,30,31)/t18-,19?,20?,21?,28?/m0/s1. The van der Waals surface area contributed by atoms with Crippen LogP contribution in [0.5, 0.6) is 11.5 Å². The van der Waals surface area contributed by atoms with Crippen LogP contribution in [0.15, 0.2) is 48.5 Å². The van der Waals surface area contributed by atoms with Crippen molar-refractivity contribution >= 4 is 17.5 Å². The van der Waals surface area contributed by atoms with Crippen LogP contribution < -0.4 is 20.1 Å². The largest absolute Gasteiger partial charge is 0.497 e. The molecule has 6 nitrogen and oxygen atoms in total. The molecule has 0 spiro atoms. The predicted octanol–water partition coefficient (Wildman–Crippen LogP) is 5.05. The highest BCUT2D eigenvalue weighted by Crippen LogP contribution is 2.61. The van der Waals surface area contributed by atoms with Crippen molar-refractivity contribution in [1.29, 1.82) is 0 Å². The maximum Gasteiger partial charge on any atom is 0.262 e. The second kappa shape index (κ2) is 9.32. The van der Waals surface area contributed by atoms with E-state index >= 15 is 0 Å². The molecule has 6 rings (SSSR count). The number of hydrogen-bond acceptors (Lipinski definition) is 4. The van der Waals surface area contributed by atoms with Crippen LogP contribution in [-0.4, -0.2) is 31.6 Å². The van der Waals surface area contributed by atoms with E-state index in [1.165, 1.54) is 38.5 Å². The van der Waals surface area contributed by atoms with Gasteiger partial charge in [0.05, 0.1) is 7.11 Å². The predicted molar refractivity (Wildman–Crippen MR) is 131 cm³/mol. The van der Waals surface area contributed by atoms with E-state index in [1.807, 2.05) is 12.1 Å². The Hall–Kier alpha value is -3.02. The monoisotopic (exact) mass is 462 g/mol. The topological polar surface area (TPSA) is 76.7 Å². The molecule has 0 unspecified atom stereocenters. The first-order valence-corrected chi connectivity index (χ1v) is 12.4. The molecule has 2 amide bonds. The molecule has 4 saturated carbocycles. The summed E-state index contributed by atoms with van der Waals surface area (Å²) in [7, 11) is 1.58. The number of carbonyl (C=O) groups is 2. The number of benzene rings is 2. The summed E-state index contributed by atoms with van der Waals surface area (Å²) in [6.07, 6.45) is 8.01. The smallest absolute Gasteiger partial charge is 0.262 e. The van der Waals surface area contributed by atoms with E-state index in [4.69, 9.17) is 9.47 Å². The first-order valence-electron chi connectivity index (χ1n) is 12.4. The van der Waals surface area contributed by atoms with E-state index < -0.39 is 0 Å². The minimum atomic E-state index is -0.264. The van der Waals surface area contributed by atoms with Gasteiger partial charge in [0.15, 0.2) is 6.61 Å².